The average Bonchev–Trinajstić information content (AvgIpc) is 2.44. The van der Waals surface area contributed by atoms with Crippen molar-refractivity contribution in [2.24, 2.45) is 11.7 Å². The number of aromatic nitrogens is 2. The SMILES string of the molecule is Cc1cc(-c2ccnc(Cl)c2)cnc1OCC(C)CC(C)(C)N. The summed E-state index contributed by atoms with van der Waals surface area (Å²) < 4.78 is 5.85. The average molecular weight is 334 g/mol. The lowest BCUT2D eigenvalue weighted by atomic mass is 9.93. The van der Waals surface area contributed by atoms with Crippen LogP contribution in [0.4, 0.5) is 0 Å². The molecule has 0 bridgehead atoms. The van der Waals surface area contributed by atoms with Crippen LogP contribution in [0.5, 0.6) is 5.88 Å². The molecule has 2 aromatic heterocycles. The van der Waals surface area contributed by atoms with E-state index in [1.807, 2.05) is 39.0 Å². The molecule has 0 amide bonds. The molecule has 2 rings (SSSR count). The third-order valence-corrected chi connectivity index (χ3v) is 3.68. The van der Waals surface area contributed by atoms with E-state index in [0.29, 0.717) is 23.6 Å². The molecular formula is C18H24ClN3O. The Morgan fingerprint density at radius 1 is 1.26 bits per heavy atom. The van der Waals surface area contributed by atoms with Crippen molar-refractivity contribution in [3.63, 3.8) is 0 Å². The highest BCUT2D eigenvalue weighted by Gasteiger charge is 2.16. The predicted octanol–water partition coefficient (Wildman–Crippen LogP) is 4.25. The van der Waals surface area contributed by atoms with Gasteiger partial charge in [0.2, 0.25) is 5.88 Å². The molecule has 0 fully saturated rings. The topological polar surface area (TPSA) is 61.0 Å². The molecule has 5 heteroatoms. The van der Waals surface area contributed by atoms with Crippen LogP contribution >= 0.6 is 11.6 Å². The van der Waals surface area contributed by atoms with Gasteiger partial charge in [-0.05, 0) is 56.9 Å². The summed E-state index contributed by atoms with van der Waals surface area (Å²) in [6.07, 6.45) is 4.39. The van der Waals surface area contributed by atoms with Gasteiger partial charge in [-0.1, -0.05) is 18.5 Å². The fourth-order valence-corrected chi connectivity index (χ4v) is 2.81. The summed E-state index contributed by atoms with van der Waals surface area (Å²) in [6, 6.07) is 5.78. The summed E-state index contributed by atoms with van der Waals surface area (Å²) in [5, 5.41) is 0.471. The lowest BCUT2D eigenvalue weighted by molar-refractivity contribution is 0.221. The molecule has 0 saturated heterocycles. The number of hydrogen-bond donors (Lipinski definition) is 1. The summed E-state index contributed by atoms with van der Waals surface area (Å²) in [6.45, 7) is 8.79. The smallest absolute Gasteiger partial charge is 0.216 e. The fraction of sp³-hybridized carbons (Fsp3) is 0.444. The van der Waals surface area contributed by atoms with Crippen molar-refractivity contribution < 1.29 is 4.74 Å². The van der Waals surface area contributed by atoms with E-state index >= 15 is 0 Å². The Morgan fingerprint density at radius 3 is 2.61 bits per heavy atom. The van der Waals surface area contributed by atoms with Gasteiger partial charge in [0.1, 0.15) is 5.15 Å². The Hall–Kier alpha value is -1.65. The first-order valence-electron chi connectivity index (χ1n) is 7.75. The number of rotatable bonds is 6. The van der Waals surface area contributed by atoms with Crippen molar-refractivity contribution in [1.82, 2.24) is 9.97 Å². The van der Waals surface area contributed by atoms with Gasteiger partial charge in [0, 0.05) is 29.1 Å². The van der Waals surface area contributed by atoms with E-state index in [1.54, 1.807) is 12.4 Å². The van der Waals surface area contributed by atoms with Crippen molar-refractivity contribution in [3.05, 3.63) is 41.3 Å². The van der Waals surface area contributed by atoms with Crippen LogP contribution in [0.1, 0.15) is 32.8 Å². The number of hydrogen-bond acceptors (Lipinski definition) is 4. The first-order valence-corrected chi connectivity index (χ1v) is 8.12. The fourth-order valence-electron chi connectivity index (χ4n) is 2.63. The highest BCUT2D eigenvalue weighted by molar-refractivity contribution is 6.29. The van der Waals surface area contributed by atoms with Crippen LogP contribution in [0.15, 0.2) is 30.6 Å². The second kappa shape index (κ2) is 7.28. The minimum Gasteiger partial charge on any atom is -0.477 e. The Kier molecular flexibility index (Phi) is 5.60. The van der Waals surface area contributed by atoms with Crippen LogP contribution in [0, 0.1) is 12.8 Å². The van der Waals surface area contributed by atoms with Crippen LogP contribution in [0.25, 0.3) is 11.1 Å². The minimum atomic E-state index is -0.185. The molecule has 0 saturated carbocycles. The second-order valence-corrected chi connectivity index (χ2v) is 7.21. The summed E-state index contributed by atoms with van der Waals surface area (Å²) in [5.74, 6) is 1.03. The number of ether oxygens (including phenoxy) is 1. The number of halogens is 1. The van der Waals surface area contributed by atoms with Gasteiger partial charge in [-0.25, -0.2) is 9.97 Å². The van der Waals surface area contributed by atoms with Crippen molar-refractivity contribution in [2.75, 3.05) is 6.61 Å². The maximum atomic E-state index is 6.04. The predicted molar refractivity (Wildman–Crippen MR) is 94.8 cm³/mol. The summed E-state index contributed by atoms with van der Waals surface area (Å²) >= 11 is 5.94. The molecule has 2 N–H and O–H groups in total. The van der Waals surface area contributed by atoms with Crippen molar-refractivity contribution in [1.29, 1.82) is 0 Å². The van der Waals surface area contributed by atoms with E-state index < -0.39 is 0 Å². The highest BCUT2D eigenvalue weighted by Crippen LogP contribution is 2.25. The van der Waals surface area contributed by atoms with Crippen LogP contribution in [-0.2, 0) is 0 Å². The molecule has 4 nitrogen and oxygen atoms in total. The van der Waals surface area contributed by atoms with Gasteiger partial charge >= 0.3 is 0 Å². The van der Waals surface area contributed by atoms with Crippen LogP contribution in [-0.4, -0.2) is 22.1 Å². The third-order valence-electron chi connectivity index (χ3n) is 3.47. The molecule has 2 aromatic rings. The molecule has 0 aliphatic carbocycles. The Bertz CT molecular complexity index is 668. The van der Waals surface area contributed by atoms with Crippen LogP contribution in [0.3, 0.4) is 0 Å². The normalized spacial score (nSPS) is 13.0. The van der Waals surface area contributed by atoms with Gasteiger partial charge in [-0.2, -0.15) is 0 Å². The molecule has 124 valence electrons. The van der Waals surface area contributed by atoms with Crippen LogP contribution < -0.4 is 10.5 Å². The Labute approximate surface area is 143 Å². The molecular weight excluding hydrogens is 310 g/mol. The van der Waals surface area contributed by atoms with Gasteiger partial charge in [0.15, 0.2) is 0 Å². The Balaban J connectivity index is 2.05. The van der Waals surface area contributed by atoms with Gasteiger partial charge in [-0.15, -0.1) is 0 Å². The van der Waals surface area contributed by atoms with Crippen molar-refractivity contribution >= 4 is 11.6 Å². The molecule has 0 aromatic carbocycles. The maximum Gasteiger partial charge on any atom is 0.216 e. The second-order valence-electron chi connectivity index (χ2n) is 6.82. The lowest BCUT2D eigenvalue weighted by Gasteiger charge is -2.23. The number of pyridine rings is 2. The van der Waals surface area contributed by atoms with Gasteiger partial charge in [-0.3, -0.25) is 0 Å². The minimum absolute atomic E-state index is 0.185. The summed E-state index contributed by atoms with van der Waals surface area (Å²) in [7, 11) is 0. The van der Waals surface area contributed by atoms with E-state index in [9.17, 15) is 0 Å². The lowest BCUT2D eigenvalue weighted by Crippen LogP contribution is -2.35. The highest BCUT2D eigenvalue weighted by atomic mass is 35.5. The molecule has 0 radical (unpaired) electrons. The monoisotopic (exact) mass is 333 g/mol. The zero-order chi connectivity index (χ0) is 17.0. The molecule has 23 heavy (non-hydrogen) atoms. The summed E-state index contributed by atoms with van der Waals surface area (Å²) in [4.78, 5) is 8.43. The summed E-state index contributed by atoms with van der Waals surface area (Å²) in [5.41, 5.74) is 8.84. The van der Waals surface area contributed by atoms with Crippen LogP contribution in [0.2, 0.25) is 5.15 Å². The zero-order valence-electron chi connectivity index (χ0n) is 14.1. The molecule has 0 spiro atoms. The maximum absolute atomic E-state index is 6.04. The van der Waals surface area contributed by atoms with Gasteiger partial charge in [0.05, 0.1) is 6.61 Å². The zero-order valence-corrected chi connectivity index (χ0v) is 14.9. The Morgan fingerprint density at radius 2 is 2.00 bits per heavy atom. The van der Waals surface area contributed by atoms with E-state index in [-0.39, 0.29) is 5.54 Å². The number of aryl methyl sites for hydroxylation is 1. The number of nitrogens with zero attached hydrogens (tertiary/aromatic N) is 2. The first-order chi connectivity index (χ1) is 10.7. The van der Waals surface area contributed by atoms with E-state index in [0.717, 1.165) is 23.1 Å². The molecule has 0 aliphatic heterocycles. The molecule has 1 unspecified atom stereocenters. The van der Waals surface area contributed by atoms with Crippen molar-refractivity contribution in [2.45, 2.75) is 39.7 Å². The van der Waals surface area contributed by atoms with Crippen molar-refractivity contribution in [3.8, 4) is 17.0 Å². The molecule has 0 aliphatic rings. The van der Waals surface area contributed by atoms with Gasteiger partial charge in [0.25, 0.3) is 0 Å². The quantitative estimate of drug-likeness (QED) is 0.803. The van der Waals surface area contributed by atoms with E-state index in [2.05, 4.69) is 16.9 Å². The molecule has 2 heterocycles. The third kappa shape index (κ3) is 5.48. The van der Waals surface area contributed by atoms with Gasteiger partial charge < -0.3 is 10.5 Å². The number of nitrogens with two attached hydrogens (primary N) is 1. The molecule has 1 atom stereocenters. The van der Waals surface area contributed by atoms with E-state index in [4.69, 9.17) is 22.1 Å². The first kappa shape index (κ1) is 17.7. The van der Waals surface area contributed by atoms with E-state index in [1.165, 1.54) is 0 Å². The largest absolute Gasteiger partial charge is 0.477 e. The standard InChI is InChI=1S/C18H24ClN3O/c1-12(9-18(3,4)20)11-23-17-13(2)7-15(10-22-17)14-5-6-21-16(19)8-14/h5-8,10,12H,9,11,20H2,1-4H3.